The lowest BCUT2D eigenvalue weighted by Gasteiger charge is -2.35. The predicted molar refractivity (Wildman–Crippen MR) is 95.2 cm³/mol. The molecule has 0 saturated carbocycles. The summed E-state index contributed by atoms with van der Waals surface area (Å²) in [6, 6.07) is 2.98. The Morgan fingerprint density at radius 2 is 1.85 bits per heavy atom. The van der Waals surface area contributed by atoms with Crippen LogP contribution in [0.4, 0.5) is 13.6 Å². The number of rotatable bonds is 4. The fourth-order valence-corrected chi connectivity index (χ4v) is 3.60. The summed E-state index contributed by atoms with van der Waals surface area (Å²) in [4.78, 5) is 14.5. The lowest BCUT2D eigenvalue weighted by molar-refractivity contribution is -0.0805. The van der Waals surface area contributed by atoms with Crippen LogP contribution >= 0.6 is 0 Å². The molecule has 0 aliphatic carbocycles. The van der Waals surface area contributed by atoms with E-state index in [9.17, 15) is 13.6 Å². The topological polar surface area (TPSA) is 51.3 Å². The Morgan fingerprint density at radius 1 is 1.26 bits per heavy atom. The highest BCUT2D eigenvalue weighted by molar-refractivity contribution is 5.70. The first-order chi connectivity index (χ1) is 12.4. The summed E-state index contributed by atoms with van der Waals surface area (Å²) >= 11 is 0. The molecule has 0 bridgehead atoms. The fraction of sp³-hybridized carbons (Fsp3) is 0.650. The zero-order chi connectivity index (χ0) is 20.0. The monoisotopic (exact) mass is 383 g/mol. The van der Waals surface area contributed by atoms with Crippen molar-refractivity contribution in [3.05, 3.63) is 35.4 Å². The molecule has 1 aromatic carbocycles. The molecule has 7 heteroatoms. The highest BCUT2D eigenvalue weighted by Crippen LogP contribution is 2.38. The van der Waals surface area contributed by atoms with Crippen LogP contribution in [-0.2, 0) is 20.6 Å². The Bertz CT molecular complexity index is 692. The van der Waals surface area contributed by atoms with Gasteiger partial charge in [0.15, 0.2) is 0 Å². The third-order valence-corrected chi connectivity index (χ3v) is 4.64. The lowest BCUT2D eigenvalue weighted by Crippen LogP contribution is -2.51. The maximum Gasteiger partial charge on any atom is 0.412 e. The van der Waals surface area contributed by atoms with Gasteiger partial charge in [-0.15, -0.1) is 0 Å². The SMILES string of the molecule is CC(C)(C)OC(=O)N1[C@@H](Cc2cc(F)cc(F)c2)[C@@H](C[C@H]2CO2)OC1(C)C. The molecule has 2 saturated heterocycles. The lowest BCUT2D eigenvalue weighted by atomic mass is 9.97. The van der Waals surface area contributed by atoms with Gasteiger partial charge in [-0.05, 0) is 58.7 Å². The average Bonchev–Trinajstić information content (AvgIpc) is 3.21. The number of halogens is 2. The van der Waals surface area contributed by atoms with E-state index in [-0.39, 0.29) is 18.6 Å². The summed E-state index contributed by atoms with van der Waals surface area (Å²) in [7, 11) is 0. The van der Waals surface area contributed by atoms with Crippen LogP contribution in [0.3, 0.4) is 0 Å². The minimum Gasteiger partial charge on any atom is -0.444 e. The highest BCUT2D eigenvalue weighted by atomic mass is 19.1. The third kappa shape index (κ3) is 4.96. The molecule has 3 atom stereocenters. The maximum atomic E-state index is 13.7. The zero-order valence-corrected chi connectivity index (χ0v) is 16.4. The van der Waals surface area contributed by atoms with E-state index in [0.717, 1.165) is 6.07 Å². The average molecular weight is 383 g/mol. The molecule has 2 aliphatic heterocycles. The van der Waals surface area contributed by atoms with Gasteiger partial charge in [-0.1, -0.05) is 0 Å². The van der Waals surface area contributed by atoms with E-state index in [1.165, 1.54) is 12.1 Å². The molecular weight excluding hydrogens is 356 g/mol. The Balaban J connectivity index is 1.89. The summed E-state index contributed by atoms with van der Waals surface area (Å²) in [6.45, 7) is 9.63. The van der Waals surface area contributed by atoms with E-state index < -0.39 is 35.1 Å². The first-order valence-electron chi connectivity index (χ1n) is 9.21. The highest BCUT2D eigenvalue weighted by Gasteiger charge is 2.52. The molecule has 5 nitrogen and oxygen atoms in total. The second kappa shape index (κ2) is 7.02. The largest absolute Gasteiger partial charge is 0.444 e. The Morgan fingerprint density at radius 3 is 2.37 bits per heavy atom. The van der Waals surface area contributed by atoms with Crippen molar-refractivity contribution in [2.24, 2.45) is 0 Å². The van der Waals surface area contributed by atoms with Gasteiger partial charge in [0.05, 0.1) is 24.9 Å². The van der Waals surface area contributed by atoms with Crippen molar-refractivity contribution in [3.8, 4) is 0 Å². The van der Waals surface area contributed by atoms with E-state index in [2.05, 4.69) is 0 Å². The van der Waals surface area contributed by atoms with E-state index >= 15 is 0 Å². The van der Waals surface area contributed by atoms with Crippen LogP contribution in [0, 0.1) is 11.6 Å². The molecule has 27 heavy (non-hydrogen) atoms. The molecule has 0 spiro atoms. The molecule has 0 radical (unpaired) electrons. The van der Waals surface area contributed by atoms with Crippen molar-refractivity contribution in [1.29, 1.82) is 0 Å². The van der Waals surface area contributed by atoms with Crippen molar-refractivity contribution in [1.82, 2.24) is 4.90 Å². The molecule has 0 unspecified atom stereocenters. The van der Waals surface area contributed by atoms with Gasteiger partial charge in [-0.25, -0.2) is 13.6 Å². The van der Waals surface area contributed by atoms with Crippen LogP contribution in [-0.4, -0.2) is 47.2 Å². The number of hydrogen-bond acceptors (Lipinski definition) is 4. The maximum absolute atomic E-state index is 13.7. The van der Waals surface area contributed by atoms with Crippen LogP contribution in [0.5, 0.6) is 0 Å². The van der Waals surface area contributed by atoms with E-state index in [4.69, 9.17) is 14.2 Å². The minimum atomic E-state index is -0.904. The van der Waals surface area contributed by atoms with E-state index in [1.807, 2.05) is 0 Å². The number of nitrogens with zero attached hydrogens (tertiary/aromatic N) is 1. The normalized spacial score (nSPS) is 26.9. The van der Waals surface area contributed by atoms with Gasteiger partial charge in [0, 0.05) is 12.5 Å². The zero-order valence-electron chi connectivity index (χ0n) is 16.4. The van der Waals surface area contributed by atoms with Crippen LogP contribution < -0.4 is 0 Å². The summed E-state index contributed by atoms with van der Waals surface area (Å²) < 4.78 is 44.3. The Kier molecular flexibility index (Phi) is 5.20. The molecule has 2 aliphatic rings. The van der Waals surface area contributed by atoms with E-state index in [0.29, 0.717) is 18.6 Å². The smallest absolute Gasteiger partial charge is 0.412 e. The number of amides is 1. The molecule has 0 N–H and O–H groups in total. The van der Waals surface area contributed by atoms with Crippen molar-refractivity contribution >= 4 is 6.09 Å². The number of epoxide rings is 1. The Hall–Kier alpha value is -1.73. The molecule has 150 valence electrons. The molecule has 0 aromatic heterocycles. The third-order valence-electron chi connectivity index (χ3n) is 4.64. The number of carbonyl (C=O) groups excluding carboxylic acids is 1. The van der Waals surface area contributed by atoms with Crippen molar-refractivity contribution in [2.75, 3.05) is 6.61 Å². The van der Waals surface area contributed by atoms with Gasteiger partial charge >= 0.3 is 6.09 Å². The molecule has 1 aromatic rings. The van der Waals surface area contributed by atoms with Gasteiger partial charge in [0.1, 0.15) is 23.0 Å². The molecule has 2 heterocycles. The van der Waals surface area contributed by atoms with Gasteiger partial charge in [0.25, 0.3) is 0 Å². The number of ether oxygens (including phenoxy) is 3. The van der Waals surface area contributed by atoms with Gasteiger partial charge in [0.2, 0.25) is 0 Å². The van der Waals surface area contributed by atoms with Crippen LogP contribution in [0.25, 0.3) is 0 Å². The first-order valence-corrected chi connectivity index (χ1v) is 9.21. The van der Waals surface area contributed by atoms with Gasteiger partial charge in [-0.3, -0.25) is 4.90 Å². The van der Waals surface area contributed by atoms with Crippen molar-refractivity contribution in [3.63, 3.8) is 0 Å². The summed E-state index contributed by atoms with van der Waals surface area (Å²) in [5, 5.41) is 0. The van der Waals surface area contributed by atoms with Crippen molar-refractivity contribution in [2.45, 2.75) is 77.0 Å². The quantitative estimate of drug-likeness (QED) is 0.737. The van der Waals surface area contributed by atoms with Crippen LogP contribution in [0.1, 0.15) is 46.6 Å². The van der Waals surface area contributed by atoms with Crippen LogP contribution in [0.2, 0.25) is 0 Å². The molecule has 3 rings (SSSR count). The molecular formula is C20H27F2NO4. The molecule has 2 fully saturated rings. The van der Waals surface area contributed by atoms with Gasteiger partial charge < -0.3 is 14.2 Å². The number of carbonyl (C=O) groups is 1. The Labute approximate surface area is 158 Å². The van der Waals surface area contributed by atoms with Gasteiger partial charge in [-0.2, -0.15) is 0 Å². The van der Waals surface area contributed by atoms with Crippen LogP contribution in [0.15, 0.2) is 18.2 Å². The van der Waals surface area contributed by atoms with E-state index in [1.54, 1.807) is 39.5 Å². The fourth-order valence-electron chi connectivity index (χ4n) is 3.60. The first kappa shape index (κ1) is 20.0. The summed E-state index contributed by atoms with van der Waals surface area (Å²) in [6.07, 6.45) is 0.149. The molecule has 1 amide bonds. The second-order valence-corrected chi connectivity index (χ2v) is 8.69. The number of benzene rings is 1. The summed E-state index contributed by atoms with van der Waals surface area (Å²) in [5.74, 6) is -1.29. The standard InChI is InChI=1S/C20H27F2NO4/c1-19(2,3)27-18(24)23-16(8-12-6-13(21)9-14(22)7-12)17(10-15-11-25-15)26-20(23,4)5/h6-7,9,15-17H,8,10-11H2,1-5H3/t15-,16-,17+/m0/s1. The summed E-state index contributed by atoms with van der Waals surface area (Å²) in [5.41, 5.74) is -1.10. The number of hydrogen-bond donors (Lipinski definition) is 0. The van der Waals surface area contributed by atoms with Crippen molar-refractivity contribution < 1.29 is 27.8 Å². The second-order valence-electron chi connectivity index (χ2n) is 8.69. The predicted octanol–water partition coefficient (Wildman–Crippen LogP) is 4.04. The minimum absolute atomic E-state index is 0.0936.